The maximum absolute atomic E-state index is 13.3. The molecule has 5 atom stereocenters. The summed E-state index contributed by atoms with van der Waals surface area (Å²) in [5.41, 5.74) is 7.62. The lowest BCUT2D eigenvalue weighted by Crippen LogP contribution is -2.55. The molecule has 2 unspecified atom stereocenters. The Bertz CT molecular complexity index is 1490. The van der Waals surface area contributed by atoms with E-state index in [1.807, 2.05) is 31.2 Å². The fourth-order valence-electron chi connectivity index (χ4n) is 8.26. The van der Waals surface area contributed by atoms with Crippen LogP contribution in [0.25, 0.3) is 22.3 Å². The minimum atomic E-state index is -1.40. The fourth-order valence-corrected chi connectivity index (χ4v) is 8.26. The van der Waals surface area contributed by atoms with Gasteiger partial charge >= 0.3 is 0 Å². The van der Waals surface area contributed by atoms with Gasteiger partial charge in [0.05, 0.1) is 17.8 Å². The molecule has 0 saturated carbocycles. The highest BCUT2D eigenvalue weighted by Gasteiger charge is 2.70. The molecule has 1 saturated heterocycles. The van der Waals surface area contributed by atoms with Crippen molar-refractivity contribution < 1.29 is 19.7 Å². The number of amides is 1. The third-order valence-electron chi connectivity index (χ3n) is 9.43. The monoisotopic (exact) mass is 451 g/mol. The van der Waals surface area contributed by atoms with Crippen molar-refractivity contribution in [3.05, 3.63) is 81.9 Å². The smallest absolute Gasteiger partial charge is 0.252 e. The van der Waals surface area contributed by atoms with Crippen molar-refractivity contribution in [1.82, 2.24) is 5.32 Å². The summed E-state index contributed by atoms with van der Waals surface area (Å²) in [5, 5.41) is 25.6. The van der Waals surface area contributed by atoms with E-state index in [2.05, 4.69) is 36.5 Å². The molecule has 5 aliphatic rings. The number of nitrogens with one attached hydrogen (secondary N) is 1. The van der Waals surface area contributed by atoms with Gasteiger partial charge < -0.3 is 20.3 Å². The molecule has 0 radical (unpaired) electrons. The lowest BCUT2D eigenvalue weighted by Gasteiger charge is -2.42. The van der Waals surface area contributed by atoms with E-state index in [1.54, 1.807) is 0 Å². The van der Waals surface area contributed by atoms with Gasteiger partial charge in [-0.05, 0) is 63.9 Å². The van der Waals surface area contributed by atoms with Crippen molar-refractivity contribution in [2.75, 3.05) is 6.61 Å². The van der Waals surface area contributed by atoms with Crippen LogP contribution in [-0.4, -0.2) is 39.5 Å². The molecule has 1 fully saturated rings. The summed E-state index contributed by atoms with van der Waals surface area (Å²) in [6.45, 7) is 4.18. The highest BCUT2D eigenvalue weighted by molar-refractivity contribution is 6.11. The third-order valence-corrected chi connectivity index (χ3v) is 9.43. The van der Waals surface area contributed by atoms with E-state index in [4.69, 9.17) is 4.74 Å². The minimum Gasteiger partial charge on any atom is -0.393 e. The highest BCUT2D eigenvalue weighted by Crippen LogP contribution is 2.70. The molecular formula is C29H25NO4. The molecule has 5 nitrogen and oxygen atoms in total. The van der Waals surface area contributed by atoms with Crippen LogP contribution in [0, 0.1) is 0 Å². The van der Waals surface area contributed by atoms with E-state index < -0.39 is 16.8 Å². The first kappa shape index (κ1) is 19.3. The van der Waals surface area contributed by atoms with Crippen LogP contribution in [0.4, 0.5) is 0 Å². The minimum absolute atomic E-state index is 0.0148. The summed E-state index contributed by atoms with van der Waals surface area (Å²) in [4.78, 5) is 13.3. The average molecular weight is 452 g/mol. The van der Waals surface area contributed by atoms with Crippen molar-refractivity contribution >= 4 is 5.91 Å². The van der Waals surface area contributed by atoms with Gasteiger partial charge in [-0.3, -0.25) is 4.79 Å². The van der Waals surface area contributed by atoms with Gasteiger partial charge in [-0.2, -0.15) is 0 Å². The molecule has 0 spiro atoms. The summed E-state index contributed by atoms with van der Waals surface area (Å²) in [5.74, 6) is -0.393. The topological polar surface area (TPSA) is 78.8 Å². The van der Waals surface area contributed by atoms with Gasteiger partial charge in [0.25, 0.3) is 5.91 Å². The van der Waals surface area contributed by atoms with Crippen LogP contribution < -0.4 is 5.32 Å². The van der Waals surface area contributed by atoms with Gasteiger partial charge in [0, 0.05) is 24.8 Å². The first-order chi connectivity index (χ1) is 16.3. The van der Waals surface area contributed by atoms with E-state index in [1.165, 1.54) is 11.1 Å². The Morgan fingerprint density at radius 2 is 1.56 bits per heavy atom. The van der Waals surface area contributed by atoms with Crippen molar-refractivity contribution in [3.8, 4) is 22.3 Å². The maximum atomic E-state index is 13.3. The largest absolute Gasteiger partial charge is 0.393 e. The number of carbonyl (C=O) groups is 1. The van der Waals surface area contributed by atoms with Crippen LogP contribution in [0.2, 0.25) is 0 Å². The molecule has 1 amide bonds. The number of hydrogen-bond acceptors (Lipinski definition) is 4. The molecule has 5 heteroatoms. The Balaban J connectivity index is 1.62. The molecule has 2 aliphatic carbocycles. The fraction of sp³-hybridized carbons (Fsp3) is 0.345. The first-order valence-electron chi connectivity index (χ1n) is 12.1. The summed E-state index contributed by atoms with van der Waals surface area (Å²) in [7, 11) is 0. The zero-order chi connectivity index (χ0) is 23.2. The molecule has 8 rings (SSSR count). The molecule has 3 aromatic rings. The van der Waals surface area contributed by atoms with Crippen LogP contribution in [0.1, 0.15) is 70.3 Å². The van der Waals surface area contributed by atoms with Crippen molar-refractivity contribution in [3.63, 3.8) is 0 Å². The summed E-state index contributed by atoms with van der Waals surface area (Å²) >= 11 is 0. The van der Waals surface area contributed by atoms with Gasteiger partial charge in [0.15, 0.2) is 0 Å². The number of aliphatic hydroxyl groups is 2. The van der Waals surface area contributed by atoms with Crippen LogP contribution in [-0.2, 0) is 11.3 Å². The molecule has 3 aliphatic heterocycles. The standard InChI is InChI=1S/C29H25NO4/c1-27-12-29(33,13-31)28(2,34-27)25-17-10-6-3-7-14(17)19-18-11-30-26(32)21(18)20-15-8-4-5-9-16(15)24(27)23(20)22(19)25/h3-10,24-25,31,33H,11-13H2,1-2H3,(H,30,32)/t24?,25?,27-,28-,29+/m1/s1. The second kappa shape index (κ2) is 5.62. The molecule has 170 valence electrons. The van der Waals surface area contributed by atoms with Crippen LogP contribution >= 0.6 is 0 Å². The lowest BCUT2D eigenvalue weighted by molar-refractivity contribution is -0.160. The normalized spacial score (nSPS) is 34.9. The van der Waals surface area contributed by atoms with Crippen LogP contribution in [0.15, 0.2) is 48.5 Å². The molecule has 3 heterocycles. The molecule has 3 N–H and O–H groups in total. The molecular weight excluding hydrogens is 426 g/mol. The van der Waals surface area contributed by atoms with Gasteiger partial charge in [-0.15, -0.1) is 0 Å². The Labute approximate surface area is 197 Å². The van der Waals surface area contributed by atoms with Gasteiger partial charge in [-0.1, -0.05) is 48.5 Å². The zero-order valence-corrected chi connectivity index (χ0v) is 19.1. The van der Waals surface area contributed by atoms with E-state index >= 15 is 0 Å². The number of fused-ring (bicyclic) bond motifs is 13. The highest BCUT2D eigenvalue weighted by atomic mass is 16.6. The molecule has 34 heavy (non-hydrogen) atoms. The van der Waals surface area contributed by atoms with Crippen molar-refractivity contribution in [1.29, 1.82) is 0 Å². The lowest BCUT2D eigenvalue weighted by atomic mass is 9.64. The second-order valence-corrected chi connectivity index (χ2v) is 11.0. The number of hydrogen-bond donors (Lipinski definition) is 3. The van der Waals surface area contributed by atoms with E-state index in [0.29, 0.717) is 13.0 Å². The van der Waals surface area contributed by atoms with E-state index in [-0.39, 0.29) is 24.3 Å². The third kappa shape index (κ3) is 1.81. The number of rotatable bonds is 1. The Morgan fingerprint density at radius 1 is 0.941 bits per heavy atom. The Kier molecular flexibility index (Phi) is 3.20. The van der Waals surface area contributed by atoms with Crippen molar-refractivity contribution in [2.24, 2.45) is 0 Å². The second-order valence-electron chi connectivity index (χ2n) is 11.0. The van der Waals surface area contributed by atoms with E-state index in [0.717, 1.165) is 44.5 Å². The molecule has 2 bridgehead atoms. The number of aliphatic hydroxyl groups excluding tert-OH is 1. The predicted octanol–water partition coefficient (Wildman–Crippen LogP) is 3.83. The van der Waals surface area contributed by atoms with Crippen LogP contribution in [0.3, 0.4) is 0 Å². The van der Waals surface area contributed by atoms with E-state index in [9.17, 15) is 15.0 Å². The quantitative estimate of drug-likeness (QED) is 0.526. The van der Waals surface area contributed by atoms with Gasteiger partial charge in [0.1, 0.15) is 11.2 Å². The number of carbonyl (C=O) groups excluding carboxylic acids is 1. The first-order valence-corrected chi connectivity index (χ1v) is 12.1. The predicted molar refractivity (Wildman–Crippen MR) is 127 cm³/mol. The Morgan fingerprint density at radius 3 is 2.26 bits per heavy atom. The van der Waals surface area contributed by atoms with Crippen molar-refractivity contribution in [2.45, 2.75) is 55.5 Å². The SMILES string of the molecule is C[C@]12C[C@](O)(CO)[C@](C)(O1)C1c3ccccc3-c3c4c(c5c(c31)C2c1ccccc1-5)C(=O)NC4. The number of ether oxygens (including phenoxy) is 1. The van der Waals surface area contributed by atoms with Gasteiger partial charge in [-0.25, -0.2) is 0 Å². The summed E-state index contributed by atoms with van der Waals surface area (Å²) in [6, 6.07) is 16.6. The molecule has 0 aromatic heterocycles. The Hall–Kier alpha value is -2.99. The average Bonchev–Trinajstić information content (AvgIpc) is 3.50. The van der Waals surface area contributed by atoms with Gasteiger partial charge in [0.2, 0.25) is 0 Å². The molecule has 3 aromatic carbocycles. The number of benzene rings is 3. The zero-order valence-electron chi connectivity index (χ0n) is 19.1. The summed E-state index contributed by atoms with van der Waals surface area (Å²) in [6.07, 6.45) is 0.322. The summed E-state index contributed by atoms with van der Waals surface area (Å²) < 4.78 is 7.02. The maximum Gasteiger partial charge on any atom is 0.252 e. The van der Waals surface area contributed by atoms with Crippen LogP contribution in [0.5, 0.6) is 0 Å².